The van der Waals surface area contributed by atoms with Gasteiger partial charge in [0.05, 0.1) is 6.61 Å². The molecule has 0 amide bonds. The van der Waals surface area contributed by atoms with Crippen LogP contribution >= 0.6 is 0 Å². The molecule has 0 saturated carbocycles. The van der Waals surface area contributed by atoms with Crippen molar-refractivity contribution in [2.75, 3.05) is 32.8 Å². The maximum Gasteiger partial charge on any atom is 0.0602 e. The fourth-order valence-electron chi connectivity index (χ4n) is 3.35. The summed E-state index contributed by atoms with van der Waals surface area (Å²) in [6.07, 6.45) is 2.63. The van der Waals surface area contributed by atoms with Gasteiger partial charge in [-0.15, -0.1) is 0 Å². The molecule has 0 radical (unpaired) electrons. The molecule has 0 aromatic carbocycles. The molecule has 0 aromatic rings. The number of rotatable bonds is 3. The second-order valence-corrected chi connectivity index (χ2v) is 6.97. The molecule has 0 aromatic heterocycles. The van der Waals surface area contributed by atoms with E-state index >= 15 is 0 Å². The summed E-state index contributed by atoms with van der Waals surface area (Å²) in [6, 6.07) is 0.822. The van der Waals surface area contributed by atoms with Crippen LogP contribution in [0.5, 0.6) is 0 Å². The quantitative estimate of drug-likeness (QED) is 0.771. The van der Waals surface area contributed by atoms with Gasteiger partial charge in [0, 0.05) is 37.8 Å². The molecule has 4 heteroatoms. The van der Waals surface area contributed by atoms with E-state index < -0.39 is 0 Å². The first-order valence-electron chi connectivity index (χ1n) is 7.28. The first-order valence-corrected chi connectivity index (χ1v) is 7.28. The van der Waals surface area contributed by atoms with Gasteiger partial charge in [-0.3, -0.25) is 9.80 Å². The van der Waals surface area contributed by atoms with Crippen molar-refractivity contribution < 1.29 is 5.11 Å². The van der Waals surface area contributed by atoms with Gasteiger partial charge in [-0.2, -0.15) is 0 Å². The molecule has 4 nitrogen and oxygen atoms in total. The Morgan fingerprint density at radius 2 is 2.00 bits per heavy atom. The smallest absolute Gasteiger partial charge is 0.0602 e. The van der Waals surface area contributed by atoms with E-state index in [2.05, 4.69) is 30.6 Å². The maximum atomic E-state index is 9.72. The van der Waals surface area contributed by atoms with E-state index in [1.165, 1.54) is 19.4 Å². The van der Waals surface area contributed by atoms with Crippen molar-refractivity contribution >= 4 is 0 Å². The Bertz CT molecular complexity index is 277. The average Bonchev–Trinajstić information content (AvgIpc) is 2.76. The lowest BCUT2D eigenvalue weighted by molar-refractivity contribution is 0.0186. The summed E-state index contributed by atoms with van der Waals surface area (Å²) in [6.45, 7) is 11.2. The van der Waals surface area contributed by atoms with Crippen molar-refractivity contribution in [3.63, 3.8) is 0 Å². The van der Waals surface area contributed by atoms with Crippen molar-refractivity contribution in [1.29, 1.82) is 0 Å². The molecule has 2 fully saturated rings. The second kappa shape index (κ2) is 5.45. The van der Waals surface area contributed by atoms with Gasteiger partial charge in [-0.25, -0.2) is 0 Å². The van der Waals surface area contributed by atoms with Crippen LogP contribution in [0.2, 0.25) is 0 Å². The molecule has 2 saturated heterocycles. The lowest BCUT2D eigenvalue weighted by Crippen LogP contribution is -2.61. The summed E-state index contributed by atoms with van der Waals surface area (Å²) in [5.74, 6) is 0. The summed E-state index contributed by atoms with van der Waals surface area (Å²) in [4.78, 5) is 5.01. The Morgan fingerprint density at radius 3 is 2.61 bits per heavy atom. The molecule has 3 atom stereocenters. The molecule has 2 aliphatic rings. The first-order chi connectivity index (χ1) is 8.43. The molecule has 0 spiro atoms. The van der Waals surface area contributed by atoms with Crippen molar-refractivity contribution in [2.45, 2.75) is 51.7 Å². The van der Waals surface area contributed by atoms with Gasteiger partial charge in [-0.05, 0) is 24.8 Å². The second-order valence-electron chi connectivity index (χ2n) is 6.97. The van der Waals surface area contributed by atoms with E-state index in [9.17, 15) is 5.11 Å². The minimum absolute atomic E-state index is 0.0236. The van der Waals surface area contributed by atoms with Crippen LogP contribution in [0.3, 0.4) is 0 Å². The van der Waals surface area contributed by atoms with E-state index in [4.69, 9.17) is 5.73 Å². The summed E-state index contributed by atoms with van der Waals surface area (Å²) in [5, 5.41) is 9.72. The third-order valence-electron chi connectivity index (χ3n) is 4.69. The molecular formula is C14H29N3O. The Balaban J connectivity index is 2.00. The molecular weight excluding hydrogens is 226 g/mol. The van der Waals surface area contributed by atoms with Gasteiger partial charge >= 0.3 is 0 Å². The fourth-order valence-corrected chi connectivity index (χ4v) is 3.35. The zero-order valence-electron chi connectivity index (χ0n) is 12.1. The number of nitrogens with two attached hydrogens (primary N) is 1. The third kappa shape index (κ3) is 2.87. The highest BCUT2D eigenvalue weighted by Gasteiger charge is 2.37. The lowest BCUT2D eigenvalue weighted by Gasteiger charge is -2.45. The van der Waals surface area contributed by atoms with E-state index in [0.29, 0.717) is 6.04 Å². The molecule has 3 unspecified atom stereocenters. The highest BCUT2D eigenvalue weighted by molar-refractivity contribution is 4.95. The number of fused-ring (bicyclic) bond motifs is 1. The molecule has 2 aliphatic heterocycles. The SMILES string of the molecule is CC(C)(C)C(N)C(CO)N1CCN2CCCC2C1. The molecule has 18 heavy (non-hydrogen) atoms. The molecule has 106 valence electrons. The van der Waals surface area contributed by atoms with Crippen LogP contribution < -0.4 is 5.73 Å². The summed E-state index contributed by atoms with van der Waals surface area (Å²) in [7, 11) is 0. The van der Waals surface area contributed by atoms with E-state index in [0.717, 1.165) is 19.6 Å². The number of aliphatic hydroxyl groups is 1. The number of hydrogen-bond acceptors (Lipinski definition) is 4. The van der Waals surface area contributed by atoms with Gasteiger partial charge in [0.15, 0.2) is 0 Å². The maximum absolute atomic E-state index is 9.72. The predicted octanol–water partition coefficient (Wildman–Crippen LogP) is 0.501. The van der Waals surface area contributed by atoms with Gasteiger partial charge in [0.25, 0.3) is 0 Å². The van der Waals surface area contributed by atoms with Crippen LogP contribution in [0.25, 0.3) is 0 Å². The Hall–Kier alpha value is -0.160. The number of piperazine rings is 1. The number of nitrogens with zero attached hydrogens (tertiary/aromatic N) is 2. The summed E-state index contributed by atoms with van der Waals surface area (Å²) in [5.41, 5.74) is 6.40. The van der Waals surface area contributed by atoms with Gasteiger partial charge in [-0.1, -0.05) is 20.8 Å². The van der Waals surface area contributed by atoms with Crippen LogP contribution in [0.1, 0.15) is 33.6 Å². The Kier molecular flexibility index (Phi) is 4.32. The molecule has 0 bridgehead atoms. The standard InChI is InChI=1S/C14H29N3O/c1-14(2,3)13(15)12(10-18)17-8-7-16-6-4-5-11(16)9-17/h11-13,18H,4-10,15H2,1-3H3. The Labute approximate surface area is 111 Å². The van der Waals surface area contributed by atoms with E-state index in [1.54, 1.807) is 0 Å². The van der Waals surface area contributed by atoms with Crippen molar-refractivity contribution in [1.82, 2.24) is 9.80 Å². The van der Waals surface area contributed by atoms with E-state index in [-0.39, 0.29) is 24.1 Å². The monoisotopic (exact) mass is 255 g/mol. The van der Waals surface area contributed by atoms with Gasteiger partial charge in [0.2, 0.25) is 0 Å². The van der Waals surface area contributed by atoms with Crippen LogP contribution in [-0.2, 0) is 0 Å². The zero-order valence-corrected chi connectivity index (χ0v) is 12.1. The highest BCUT2D eigenvalue weighted by Crippen LogP contribution is 2.27. The van der Waals surface area contributed by atoms with Crippen LogP contribution in [0, 0.1) is 5.41 Å². The largest absolute Gasteiger partial charge is 0.395 e. The van der Waals surface area contributed by atoms with E-state index in [1.807, 2.05) is 0 Å². The third-order valence-corrected chi connectivity index (χ3v) is 4.69. The van der Waals surface area contributed by atoms with Crippen molar-refractivity contribution in [3.8, 4) is 0 Å². The van der Waals surface area contributed by atoms with Crippen molar-refractivity contribution in [2.24, 2.45) is 11.1 Å². The molecule has 0 aliphatic carbocycles. The minimum atomic E-state index is 0.0236. The van der Waals surface area contributed by atoms with Crippen LogP contribution in [0.15, 0.2) is 0 Å². The first kappa shape index (κ1) is 14.3. The van der Waals surface area contributed by atoms with Gasteiger partial charge in [0.1, 0.15) is 0 Å². The Morgan fingerprint density at radius 1 is 1.28 bits per heavy atom. The van der Waals surface area contributed by atoms with Crippen molar-refractivity contribution in [3.05, 3.63) is 0 Å². The lowest BCUT2D eigenvalue weighted by atomic mass is 9.82. The highest BCUT2D eigenvalue weighted by atomic mass is 16.3. The predicted molar refractivity (Wildman–Crippen MR) is 74.5 cm³/mol. The normalized spacial score (nSPS) is 30.2. The molecule has 2 rings (SSSR count). The minimum Gasteiger partial charge on any atom is -0.395 e. The fraction of sp³-hybridized carbons (Fsp3) is 1.00. The number of hydrogen-bond donors (Lipinski definition) is 2. The average molecular weight is 255 g/mol. The van der Waals surface area contributed by atoms with Gasteiger partial charge < -0.3 is 10.8 Å². The van der Waals surface area contributed by atoms with Crippen LogP contribution in [0.4, 0.5) is 0 Å². The van der Waals surface area contributed by atoms with Crippen LogP contribution in [-0.4, -0.2) is 65.8 Å². The zero-order chi connectivity index (χ0) is 13.3. The topological polar surface area (TPSA) is 52.7 Å². The molecule has 3 N–H and O–H groups in total. The summed E-state index contributed by atoms with van der Waals surface area (Å²) < 4.78 is 0. The molecule has 2 heterocycles. The number of aliphatic hydroxyl groups excluding tert-OH is 1. The summed E-state index contributed by atoms with van der Waals surface area (Å²) >= 11 is 0.